The third-order valence-corrected chi connectivity index (χ3v) is 6.72. The average Bonchev–Trinajstić information content (AvgIpc) is 2.83. The van der Waals surface area contributed by atoms with E-state index < -0.39 is 0 Å². The van der Waals surface area contributed by atoms with Crippen molar-refractivity contribution in [1.29, 1.82) is 0 Å². The van der Waals surface area contributed by atoms with E-state index >= 15 is 0 Å². The van der Waals surface area contributed by atoms with Crippen molar-refractivity contribution < 1.29 is 9.53 Å². The molecule has 0 radical (unpaired) electrons. The molecule has 1 amide bonds. The second-order valence-corrected chi connectivity index (χ2v) is 8.76. The van der Waals surface area contributed by atoms with Gasteiger partial charge in [0.15, 0.2) is 0 Å². The Hall–Kier alpha value is -3.31. The van der Waals surface area contributed by atoms with Crippen molar-refractivity contribution in [1.82, 2.24) is 10.2 Å². The number of carbonyl (C=O) groups is 1. The number of anilines is 2. The maximum absolute atomic E-state index is 12.8. The molecule has 5 heteroatoms. The third-order valence-electron chi connectivity index (χ3n) is 6.72. The molecule has 0 aromatic heterocycles. The van der Waals surface area contributed by atoms with E-state index in [4.69, 9.17) is 4.74 Å². The van der Waals surface area contributed by atoms with Crippen LogP contribution in [0.4, 0.5) is 11.4 Å². The highest BCUT2D eigenvalue weighted by Crippen LogP contribution is 2.32. The average molecular weight is 428 g/mol. The predicted octanol–water partition coefficient (Wildman–Crippen LogP) is 5.44. The van der Waals surface area contributed by atoms with Gasteiger partial charge in [0, 0.05) is 35.1 Å². The first-order valence-corrected chi connectivity index (χ1v) is 11.4. The van der Waals surface area contributed by atoms with Crippen molar-refractivity contribution in [2.24, 2.45) is 5.92 Å². The standard InChI is InChI=1S/C27H29N3O2/c1-19-26(20-14-16-30(19)17-15-20)29-27(31)21-10-12-24(13-11-21)32-25-9-5-8-23(18-25)28-22-6-3-2-4-7-22/h2-13,18-20,26,28H,14-17H2,1H3,(H,29,31)/t19-,26-/m0/s1. The number of rotatable bonds is 6. The van der Waals surface area contributed by atoms with Crippen LogP contribution in [0.3, 0.4) is 0 Å². The Morgan fingerprint density at radius 1 is 0.875 bits per heavy atom. The first-order chi connectivity index (χ1) is 15.7. The Labute approximate surface area is 189 Å². The Morgan fingerprint density at radius 2 is 1.59 bits per heavy atom. The maximum Gasteiger partial charge on any atom is 0.251 e. The molecule has 164 valence electrons. The first-order valence-electron chi connectivity index (χ1n) is 11.4. The molecule has 3 aromatic rings. The number of carbonyl (C=O) groups excluding carboxylic acids is 1. The fraction of sp³-hybridized carbons (Fsp3) is 0.296. The van der Waals surface area contributed by atoms with Crippen molar-refractivity contribution in [2.75, 3.05) is 18.4 Å². The number of fused-ring (bicyclic) bond motifs is 3. The zero-order valence-corrected chi connectivity index (χ0v) is 18.3. The minimum Gasteiger partial charge on any atom is -0.457 e. The van der Waals surface area contributed by atoms with Crippen LogP contribution in [-0.2, 0) is 0 Å². The van der Waals surface area contributed by atoms with Gasteiger partial charge in [-0.1, -0.05) is 24.3 Å². The Kier molecular flexibility index (Phi) is 5.82. The molecule has 3 saturated heterocycles. The molecule has 3 aromatic carbocycles. The van der Waals surface area contributed by atoms with Crippen molar-refractivity contribution in [3.8, 4) is 11.5 Å². The van der Waals surface area contributed by atoms with Gasteiger partial charge in [0.25, 0.3) is 5.91 Å². The molecular formula is C27H29N3O2. The molecule has 0 saturated carbocycles. The summed E-state index contributed by atoms with van der Waals surface area (Å²) >= 11 is 0. The molecule has 3 heterocycles. The summed E-state index contributed by atoms with van der Waals surface area (Å²) in [5, 5.41) is 6.66. The summed E-state index contributed by atoms with van der Waals surface area (Å²) in [5.74, 6) is 2.04. The topological polar surface area (TPSA) is 53.6 Å². The fourth-order valence-corrected chi connectivity index (χ4v) is 4.92. The van der Waals surface area contributed by atoms with Crippen molar-refractivity contribution in [3.63, 3.8) is 0 Å². The third kappa shape index (κ3) is 4.48. The SMILES string of the molecule is C[C@H]1[C@H](NC(=O)c2ccc(Oc3cccc(Nc4ccccc4)c3)cc2)C2CCN1CC2. The van der Waals surface area contributed by atoms with Gasteiger partial charge >= 0.3 is 0 Å². The van der Waals surface area contributed by atoms with Crippen molar-refractivity contribution in [2.45, 2.75) is 31.8 Å². The van der Waals surface area contributed by atoms with Crippen LogP contribution < -0.4 is 15.4 Å². The van der Waals surface area contributed by atoms with Gasteiger partial charge in [0.05, 0.1) is 0 Å². The summed E-state index contributed by atoms with van der Waals surface area (Å²) in [6.07, 6.45) is 2.36. The monoisotopic (exact) mass is 427 g/mol. The lowest BCUT2D eigenvalue weighted by Crippen LogP contribution is -2.62. The second-order valence-electron chi connectivity index (χ2n) is 8.76. The number of piperidine rings is 3. The zero-order chi connectivity index (χ0) is 21.9. The molecular weight excluding hydrogens is 398 g/mol. The second kappa shape index (κ2) is 9.05. The maximum atomic E-state index is 12.8. The quantitative estimate of drug-likeness (QED) is 0.550. The van der Waals surface area contributed by atoms with E-state index in [0.717, 1.165) is 30.2 Å². The molecule has 0 unspecified atom stereocenters. The molecule has 3 fully saturated rings. The summed E-state index contributed by atoms with van der Waals surface area (Å²) in [4.78, 5) is 15.3. The van der Waals surface area contributed by atoms with Crippen LogP contribution in [0.25, 0.3) is 0 Å². The smallest absolute Gasteiger partial charge is 0.251 e. The van der Waals surface area contributed by atoms with E-state index in [1.807, 2.05) is 78.9 Å². The number of amides is 1. The van der Waals surface area contributed by atoms with E-state index in [-0.39, 0.29) is 11.9 Å². The van der Waals surface area contributed by atoms with Gasteiger partial charge in [0.2, 0.25) is 0 Å². The van der Waals surface area contributed by atoms with Crippen LogP contribution in [0.5, 0.6) is 11.5 Å². The van der Waals surface area contributed by atoms with E-state index in [1.54, 1.807) is 0 Å². The largest absolute Gasteiger partial charge is 0.457 e. The predicted molar refractivity (Wildman–Crippen MR) is 128 cm³/mol. The first kappa shape index (κ1) is 20.6. The molecule has 2 atom stereocenters. The highest BCUT2D eigenvalue weighted by atomic mass is 16.5. The van der Waals surface area contributed by atoms with Crippen LogP contribution in [0, 0.1) is 5.92 Å². The normalized spacial score (nSPS) is 24.0. The van der Waals surface area contributed by atoms with Gasteiger partial charge < -0.3 is 15.4 Å². The highest BCUT2D eigenvalue weighted by Gasteiger charge is 2.40. The summed E-state index contributed by atoms with van der Waals surface area (Å²) < 4.78 is 6.02. The minimum absolute atomic E-state index is 0.00351. The van der Waals surface area contributed by atoms with Crippen molar-refractivity contribution in [3.05, 3.63) is 84.4 Å². The summed E-state index contributed by atoms with van der Waals surface area (Å²) in [5.41, 5.74) is 2.65. The van der Waals surface area contributed by atoms with Gasteiger partial charge in [-0.3, -0.25) is 9.69 Å². The molecule has 3 aliphatic rings. The lowest BCUT2D eigenvalue weighted by molar-refractivity contribution is 0.0217. The van der Waals surface area contributed by atoms with Gasteiger partial charge in [-0.25, -0.2) is 0 Å². The number of para-hydroxylation sites is 1. The highest BCUT2D eigenvalue weighted by molar-refractivity contribution is 5.94. The van der Waals surface area contributed by atoms with Crippen LogP contribution in [-0.4, -0.2) is 36.0 Å². The van der Waals surface area contributed by atoms with Gasteiger partial charge in [0.1, 0.15) is 11.5 Å². The Bertz CT molecular complexity index is 1060. The van der Waals surface area contributed by atoms with E-state index in [1.165, 1.54) is 12.8 Å². The van der Waals surface area contributed by atoms with Crippen LogP contribution in [0.2, 0.25) is 0 Å². The molecule has 3 aliphatic heterocycles. The summed E-state index contributed by atoms with van der Waals surface area (Å²) in [6, 6.07) is 25.9. The molecule has 32 heavy (non-hydrogen) atoms. The van der Waals surface area contributed by atoms with Gasteiger partial charge in [-0.2, -0.15) is 0 Å². The van der Waals surface area contributed by atoms with Crippen LogP contribution in [0.1, 0.15) is 30.1 Å². The van der Waals surface area contributed by atoms with Gasteiger partial charge in [-0.15, -0.1) is 0 Å². The minimum atomic E-state index is -0.00351. The summed E-state index contributed by atoms with van der Waals surface area (Å²) in [6.45, 7) is 4.55. The number of hydrogen-bond acceptors (Lipinski definition) is 4. The van der Waals surface area contributed by atoms with Crippen LogP contribution in [0.15, 0.2) is 78.9 Å². The summed E-state index contributed by atoms with van der Waals surface area (Å²) in [7, 11) is 0. The zero-order valence-electron chi connectivity index (χ0n) is 18.3. The molecule has 6 rings (SSSR count). The van der Waals surface area contributed by atoms with E-state index in [9.17, 15) is 4.79 Å². The fourth-order valence-electron chi connectivity index (χ4n) is 4.92. The molecule has 2 bridgehead atoms. The lowest BCUT2D eigenvalue weighted by Gasteiger charge is -2.49. The van der Waals surface area contributed by atoms with Crippen LogP contribution >= 0.6 is 0 Å². The molecule has 0 spiro atoms. The Morgan fingerprint density at radius 3 is 2.31 bits per heavy atom. The molecule has 2 N–H and O–H groups in total. The Balaban J connectivity index is 1.21. The van der Waals surface area contributed by atoms with Gasteiger partial charge in [-0.05, 0) is 87.3 Å². The number of nitrogens with zero attached hydrogens (tertiary/aromatic N) is 1. The van der Waals surface area contributed by atoms with E-state index in [2.05, 4.69) is 22.5 Å². The number of benzene rings is 3. The number of ether oxygens (including phenoxy) is 1. The molecule has 5 nitrogen and oxygen atoms in total. The number of hydrogen-bond donors (Lipinski definition) is 2. The lowest BCUT2D eigenvalue weighted by atomic mass is 9.79. The van der Waals surface area contributed by atoms with Crippen molar-refractivity contribution >= 4 is 17.3 Å². The van der Waals surface area contributed by atoms with E-state index in [0.29, 0.717) is 23.3 Å². The molecule has 0 aliphatic carbocycles. The number of nitrogens with one attached hydrogen (secondary N) is 2.